The number of ether oxygens (including phenoxy) is 1. The predicted octanol–water partition coefficient (Wildman–Crippen LogP) is 6.77. The van der Waals surface area contributed by atoms with E-state index in [0.717, 1.165) is 16.5 Å². The maximum Gasteiger partial charge on any atom is 0.269 e. The minimum atomic E-state index is -0.137. The second kappa shape index (κ2) is 8.34. The molecule has 0 atom stereocenters. The molecule has 4 heteroatoms. The molecular formula is C24H24ClNOS. The molecule has 0 spiro atoms. The van der Waals surface area contributed by atoms with Crippen LogP contribution in [0.1, 0.15) is 30.5 Å². The van der Waals surface area contributed by atoms with Gasteiger partial charge in [-0.05, 0) is 72.2 Å². The largest absolute Gasteiger partial charge is 0.432 e. The van der Waals surface area contributed by atoms with Crippen molar-refractivity contribution in [2.75, 3.05) is 11.9 Å². The molecule has 3 aromatic carbocycles. The molecule has 2 nitrogen and oxygen atoms in total. The summed E-state index contributed by atoms with van der Waals surface area (Å²) in [5, 5.41) is 1.16. The van der Waals surface area contributed by atoms with Crippen molar-refractivity contribution in [3.05, 3.63) is 94.5 Å². The maximum absolute atomic E-state index is 6.02. The van der Waals surface area contributed by atoms with Gasteiger partial charge in [0.15, 0.2) is 0 Å². The van der Waals surface area contributed by atoms with Gasteiger partial charge in [-0.1, -0.05) is 61.8 Å². The van der Waals surface area contributed by atoms with Crippen LogP contribution in [0.2, 0.25) is 5.02 Å². The number of nitrogens with zero attached hydrogens (tertiary/aromatic N) is 1. The number of thiocarbonyl (C=S) groups is 1. The Labute approximate surface area is 177 Å². The van der Waals surface area contributed by atoms with E-state index in [4.69, 9.17) is 28.6 Å². The van der Waals surface area contributed by atoms with Gasteiger partial charge in [0.05, 0.1) is 0 Å². The molecular weight excluding hydrogens is 386 g/mol. The van der Waals surface area contributed by atoms with Gasteiger partial charge < -0.3 is 9.64 Å². The van der Waals surface area contributed by atoms with Gasteiger partial charge in [-0.3, -0.25) is 0 Å². The van der Waals surface area contributed by atoms with Crippen molar-refractivity contribution < 1.29 is 4.74 Å². The summed E-state index contributed by atoms with van der Waals surface area (Å²) in [5.74, 6) is 0.722. The third-order valence-corrected chi connectivity index (χ3v) is 5.62. The first-order valence-corrected chi connectivity index (χ1v) is 9.95. The van der Waals surface area contributed by atoms with Gasteiger partial charge in [0.2, 0.25) is 0 Å². The zero-order chi connectivity index (χ0) is 20.3. The summed E-state index contributed by atoms with van der Waals surface area (Å²) >= 11 is 11.5. The summed E-state index contributed by atoms with van der Waals surface area (Å²) in [4.78, 5) is 1.87. The Morgan fingerprint density at radius 3 is 2.07 bits per heavy atom. The Hall–Kier alpha value is -2.36. The lowest BCUT2D eigenvalue weighted by molar-refractivity contribution is 0.550. The van der Waals surface area contributed by atoms with Crippen LogP contribution in [0.3, 0.4) is 0 Å². The number of benzene rings is 3. The van der Waals surface area contributed by atoms with Crippen LogP contribution in [0.5, 0.6) is 5.75 Å². The number of aryl methyl sites for hydroxylation is 1. The number of hydrogen-bond donors (Lipinski definition) is 0. The average Bonchev–Trinajstić information content (AvgIpc) is 2.68. The van der Waals surface area contributed by atoms with Gasteiger partial charge in [-0.25, -0.2) is 0 Å². The Kier molecular flexibility index (Phi) is 6.07. The molecule has 0 aromatic heterocycles. The molecule has 0 fully saturated rings. The van der Waals surface area contributed by atoms with E-state index in [1.54, 1.807) is 0 Å². The molecule has 28 heavy (non-hydrogen) atoms. The molecule has 0 aliphatic rings. The van der Waals surface area contributed by atoms with Crippen molar-refractivity contribution in [2.45, 2.75) is 26.2 Å². The van der Waals surface area contributed by atoms with Crippen LogP contribution in [0, 0.1) is 6.92 Å². The summed E-state index contributed by atoms with van der Waals surface area (Å²) < 4.78 is 5.90. The third kappa shape index (κ3) is 4.54. The Bertz CT molecular complexity index is 965. The molecule has 0 saturated carbocycles. The smallest absolute Gasteiger partial charge is 0.269 e. The number of halogens is 1. The fourth-order valence-electron chi connectivity index (χ4n) is 3.08. The van der Waals surface area contributed by atoms with Crippen LogP contribution in [0.4, 0.5) is 5.69 Å². The van der Waals surface area contributed by atoms with E-state index in [1.807, 2.05) is 48.3 Å². The number of anilines is 1. The SMILES string of the molecule is Cc1cccc(N(C)C(=S)Oc2ccc(C(C)(C)c3ccc(Cl)cc3)cc2)c1. The predicted molar refractivity (Wildman–Crippen MR) is 123 cm³/mol. The Morgan fingerprint density at radius 1 is 0.929 bits per heavy atom. The summed E-state index contributed by atoms with van der Waals surface area (Å²) in [5.41, 5.74) is 4.45. The second-order valence-corrected chi connectivity index (χ2v) is 8.21. The van der Waals surface area contributed by atoms with E-state index >= 15 is 0 Å². The lowest BCUT2D eigenvalue weighted by atomic mass is 9.78. The Balaban J connectivity index is 1.73. The quantitative estimate of drug-likeness (QED) is 0.441. The summed E-state index contributed by atoms with van der Waals surface area (Å²) in [6.07, 6.45) is 0. The van der Waals surface area contributed by atoms with Crippen LogP contribution in [0.15, 0.2) is 72.8 Å². The van der Waals surface area contributed by atoms with Gasteiger partial charge in [-0.2, -0.15) is 0 Å². The topological polar surface area (TPSA) is 12.5 Å². The fraction of sp³-hybridized carbons (Fsp3) is 0.208. The van der Waals surface area contributed by atoms with Crippen molar-refractivity contribution in [3.8, 4) is 5.75 Å². The van der Waals surface area contributed by atoms with Crippen molar-refractivity contribution in [1.82, 2.24) is 0 Å². The molecule has 0 aliphatic carbocycles. The molecule has 144 valence electrons. The van der Waals surface area contributed by atoms with Crippen molar-refractivity contribution in [2.24, 2.45) is 0 Å². The van der Waals surface area contributed by atoms with Crippen molar-refractivity contribution >= 4 is 34.7 Å². The molecule has 0 unspecified atom stereocenters. The Morgan fingerprint density at radius 2 is 1.50 bits per heavy atom. The zero-order valence-corrected chi connectivity index (χ0v) is 18.1. The van der Waals surface area contributed by atoms with Crippen LogP contribution < -0.4 is 9.64 Å². The first kappa shape index (κ1) is 20.4. The summed E-state index contributed by atoms with van der Waals surface area (Å²) in [6, 6.07) is 24.2. The number of hydrogen-bond acceptors (Lipinski definition) is 2. The molecule has 0 aliphatic heterocycles. The second-order valence-electron chi connectivity index (χ2n) is 7.42. The molecule has 0 radical (unpaired) electrons. The highest BCUT2D eigenvalue weighted by Crippen LogP contribution is 2.33. The molecule has 3 rings (SSSR count). The molecule has 0 heterocycles. The van der Waals surface area contributed by atoms with E-state index in [0.29, 0.717) is 5.17 Å². The molecule has 0 amide bonds. The van der Waals surface area contributed by atoms with Crippen molar-refractivity contribution in [1.29, 1.82) is 0 Å². The van der Waals surface area contributed by atoms with E-state index in [1.165, 1.54) is 16.7 Å². The summed E-state index contributed by atoms with van der Waals surface area (Å²) in [6.45, 7) is 6.45. The first-order valence-electron chi connectivity index (χ1n) is 9.16. The van der Waals surface area contributed by atoms with Gasteiger partial charge in [0.25, 0.3) is 5.17 Å². The highest BCUT2D eigenvalue weighted by atomic mass is 35.5. The molecule has 0 bridgehead atoms. The van der Waals surface area contributed by atoms with Crippen LogP contribution >= 0.6 is 23.8 Å². The minimum Gasteiger partial charge on any atom is -0.432 e. The standard InChI is InChI=1S/C24H24ClNOS/c1-17-6-5-7-21(16-17)26(4)23(28)27-22-14-10-19(11-15-22)24(2,3)18-8-12-20(25)13-9-18/h5-16H,1-4H3. The van der Waals surface area contributed by atoms with E-state index < -0.39 is 0 Å². The maximum atomic E-state index is 6.02. The number of rotatable bonds is 4. The van der Waals surface area contributed by atoms with Gasteiger partial charge in [-0.15, -0.1) is 0 Å². The van der Waals surface area contributed by atoms with Crippen LogP contribution in [0.25, 0.3) is 0 Å². The highest BCUT2D eigenvalue weighted by molar-refractivity contribution is 7.80. The fourth-order valence-corrected chi connectivity index (χ4v) is 3.41. The third-order valence-electron chi connectivity index (χ3n) is 5.01. The molecule has 0 saturated heterocycles. The summed E-state index contributed by atoms with van der Waals surface area (Å²) in [7, 11) is 1.91. The molecule has 0 N–H and O–H groups in total. The lowest BCUT2D eigenvalue weighted by Crippen LogP contribution is -2.29. The van der Waals surface area contributed by atoms with Crippen LogP contribution in [-0.4, -0.2) is 12.2 Å². The van der Waals surface area contributed by atoms with Gasteiger partial charge in [0.1, 0.15) is 5.75 Å². The van der Waals surface area contributed by atoms with Gasteiger partial charge >= 0.3 is 0 Å². The monoisotopic (exact) mass is 409 g/mol. The average molecular weight is 410 g/mol. The van der Waals surface area contributed by atoms with E-state index in [-0.39, 0.29) is 5.41 Å². The molecule has 3 aromatic rings. The van der Waals surface area contributed by atoms with E-state index in [2.05, 4.69) is 57.2 Å². The van der Waals surface area contributed by atoms with Crippen molar-refractivity contribution in [3.63, 3.8) is 0 Å². The minimum absolute atomic E-state index is 0.137. The van der Waals surface area contributed by atoms with Crippen LogP contribution in [-0.2, 0) is 5.41 Å². The zero-order valence-electron chi connectivity index (χ0n) is 16.6. The lowest BCUT2D eigenvalue weighted by Gasteiger charge is -2.26. The highest BCUT2D eigenvalue weighted by Gasteiger charge is 2.23. The normalized spacial score (nSPS) is 11.2. The first-order chi connectivity index (χ1) is 13.3. The van der Waals surface area contributed by atoms with E-state index in [9.17, 15) is 0 Å². The van der Waals surface area contributed by atoms with Gasteiger partial charge in [0, 0.05) is 23.2 Å².